The van der Waals surface area contributed by atoms with Crippen LogP contribution in [0.3, 0.4) is 0 Å². The van der Waals surface area contributed by atoms with Gasteiger partial charge in [-0.1, -0.05) is 18.2 Å². The van der Waals surface area contributed by atoms with Crippen LogP contribution >= 0.6 is 22.6 Å². The lowest BCUT2D eigenvalue weighted by atomic mass is 10.2. The molecule has 3 rings (SSSR count). The molecule has 0 radical (unpaired) electrons. The van der Waals surface area contributed by atoms with Gasteiger partial charge in [-0.25, -0.2) is 0 Å². The number of fused-ring (bicyclic) bond motifs is 1. The number of hydrogen-bond acceptors (Lipinski definition) is 1. The Morgan fingerprint density at radius 3 is 2.58 bits per heavy atom. The zero-order chi connectivity index (χ0) is 13.2. The first-order valence-electron chi connectivity index (χ1n) is 6.14. The molecule has 0 aliphatic carbocycles. The largest absolute Gasteiger partial charge is 0.496 e. The van der Waals surface area contributed by atoms with Crippen LogP contribution in [0.25, 0.3) is 10.9 Å². The van der Waals surface area contributed by atoms with Gasteiger partial charge >= 0.3 is 0 Å². The van der Waals surface area contributed by atoms with Crippen LogP contribution in [0, 0.1) is 3.57 Å². The third kappa shape index (κ3) is 2.47. The Labute approximate surface area is 126 Å². The van der Waals surface area contributed by atoms with E-state index < -0.39 is 0 Å². The average molecular weight is 363 g/mol. The third-order valence-corrected chi connectivity index (χ3v) is 3.98. The van der Waals surface area contributed by atoms with Gasteiger partial charge in [-0.05, 0) is 58.5 Å². The first-order chi connectivity index (χ1) is 9.28. The van der Waals surface area contributed by atoms with Gasteiger partial charge in [0.25, 0.3) is 0 Å². The van der Waals surface area contributed by atoms with E-state index in [0.29, 0.717) is 0 Å². The fourth-order valence-corrected chi connectivity index (χ4v) is 2.66. The van der Waals surface area contributed by atoms with Crippen LogP contribution < -0.4 is 4.74 Å². The fraction of sp³-hybridized carbons (Fsp3) is 0.125. The van der Waals surface area contributed by atoms with Crippen molar-refractivity contribution in [3.8, 4) is 5.75 Å². The summed E-state index contributed by atoms with van der Waals surface area (Å²) in [5, 5.41) is 1.16. The average Bonchev–Trinajstić information content (AvgIpc) is 2.84. The van der Waals surface area contributed by atoms with E-state index >= 15 is 0 Å². The molecule has 2 aromatic carbocycles. The van der Waals surface area contributed by atoms with Crippen LogP contribution in [0.4, 0.5) is 0 Å². The third-order valence-electron chi connectivity index (χ3n) is 3.26. The highest BCUT2D eigenvalue weighted by Crippen LogP contribution is 2.26. The molecule has 0 aliphatic rings. The second kappa shape index (κ2) is 5.25. The maximum atomic E-state index is 5.39. The molecule has 1 heterocycles. The second-order valence-electron chi connectivity index (χ2n) is 4.46. The van der Waals surface area contributed by atoms with Gasteiger partial charge in [0.2, 0.25) is 0 Å². The first kappa shape index (κ1) is 12.5. The van der Waals surface area contributed by atoms with E-state index in [-0.39, 0.29) is 0 Å². The molecule has 0 saturated heterocycles. The first-order valence-corrected chi connectivity index (χ1v) is 7.22. The minimum atomic E-state index is 0.883. The lowest BCUT2D eigenvalue weighted by Crippen LogP contribution is -1.97. The maximum Gasteiger partial charge on any atom is 0.128 e. The summed E-state index contributed by atoms with van der Waals surface area (Å²) >= 11 is 2.33. The van der Waals surface area contributed by atoms with Crippen molar-refractivity contribution in [3.63, 3.8) is 0 Å². The van der Waals surface area contributed by atoms with Gasteiger partial charge in [0.05, 0.1) is 12.6 Å². The van der Waals surface area contributed by atoms with Gasteiger partial charge in [0, 0.05) is 21.7 Å². The highest BCUT2D eigenvalue weighted by molar-refractivity contribution is 14.1. The van der Waals surface area contributed by atoms with Gasteiger partial charge in [0.1, 0.15) is 5.75 Å². The van der Waals surface area contributed by atoms with E-state index in [1.54, 1.807) is 7.11 Å². The number of ether oxygens (including phenoxy) is 1. The number of methoxy groups -OCH3 is 1. The zero-order valence-electron chi connectivity index (χ0n) is 10.6. The van der Waals surface area contributed by atoms with Crippen LogP contribution in [0.15, 0.2) is 54.7 Å². The maximum absolute atomic E-state index is 5.39. The molecule has 0 bridgehead atoms. The van der Waals surface area contributed by atoms with Gasteiger partial charge in [-0.3, -0.25) is 0 Å². The van der Waals surface area contributed by atoms with E-state index in [1.165, 1.54) is 14.7 Å². The highest BCUT2D eigenvalue weighted by atomic mass is 127. The van der Waals surface area contributed by atoms with Crippen molar-refractivity contribution < 1.29 is 4.74 Å². The molecule has 0 saturated carbocycles. The van der Waals surface area contributed by atoms with Gasteiger partial charge < -0.3 is 9.30 Å². The summed E-state index contributed by atoms with van der Waals surface area (Å²) in [6.07, 6.45) is 2.12. The molecular formula is C16H14INO. The summed E-state index contributed by atoms with van der Waals surface area (Å²) in [6.45, 7) is 0.883. The predicted molar refractivity (Wildman–Crippen MR) is 86.8 cm³/mol. The molecule has 0 aliphatic heterocycles. The van der Waals surface area contributed by atoms with Gasteiger partial charge in [0.15, 0.2) is 0 Å². The van der Waals surface area contributed by atoms with Crippen molar-refractivity contribution in [2.45, 2.75) is 6.54 Å². The van der Waals surface area contributed by atoms with Crippen LogP contribution in [0.1, 0.15) is 5.56 Å². The van der Waals surface area contributed by atoms with Crippen LogP contribution in [0.5, 0.6) is 5.75 Å². The minimum Gasteiger partial charge on any atom is -0.496 e. The molecule has 0 amide bonds. The molecule has 2 nitrogen and oxygen atoms in total. The quantitative estimate of drug-likeness (QED) is 0.633. The minimum absolute atomic E-state index is 0.883. The molecule has 0 atom stereocenters. The molecule has 3 aromatic rings. The van der Waals surface area contributed by atoms with Crippen LogP contribution in [-0.4, -0.2) is 11.7 Å². The number of rotatable bonds is 3. The Morgan fingerprint density at radius 1 is 1.05 bits per heavy atom. The Kier molecular flexibility index (Phi) is 3.46. The summed E-state index contributed by atoms with van der Waals surface area (Å²) in [4.78, 5) is 0. The highest BCUT2D eigenvalue weighted by Gasteiger charge is 2.05. The Morgan fingerprint density at radius 2 is 1.84 bits per heavy atom. The Hall–Kier alpha value is -1.49. The van der Waals surface area contributed by atoms with Crippen molar-refractivity contribution >= 4 is 33.5 Å². The molecular weight excluding hydrogens is 349 g/mol. The number of halogens is 1. The smallest absolute Gasteiger partial charge is 0.128 e. The van der Waals surface area contributed by atoms with Crippen molar-refractivity contribution in [3.05, 3.63) is 63.9 Å². The molecule has 3 heteroatoms. The summed E-state index contributed by atoms with van der Waals surface area (Å²) in [7, 11) is 1.71. The van der Waals surface area contributed by atoms with Gasteiger partial charge in [-0.15, -0.1) is 0 Å². The molecule has 0 N–H and O–H groups in total. The number of aromatic nitrogens is 1. The monoisotopic (exact) mass is 363 g/mol. The van der Waals surface area contributed by atoms with Crippen molar-refractivity contribution in [1.82, 2.24) is 4.57 Å². The Balaban J connectivity index is 1.99. The number of benzene rings is 2. The van der Waals surface area contributed by atoms with E-state index in [1.807, 2.05) is 12.1 Å². The van der Waals surface area contributed by atoms with E-state index in [0.717, 1.165) is 17.7 Å². The summed E-state index contributed by atoms with van der Waals surface area (Å²) in [5.41, 5.74) is 2.51. The molecule has 96 valence electrons. The second-order valence-corrected chi connectivity index (χ2v) is 5.71. The molecule has 0 unspecified atom stereocenters. The molecule has 0 fully saturated rings. The van der Waals surface area contributed by atoms with E-state index in [2.05, 4.69) is 69.8 Å². The predicted octanol–water partition coefficient (Wildman–Crippen LogP) is 4.30. The molecule has 1 aromatic heterocycles. The summed E-state index contributed by atoms with van der Waals surface area (Å²) in [5.74, 6) is 0.930. The fourth-order valence-electron chi connectivity index (χ4n) is 2.30. The standard InChI is InChI=1S/C16H14INO/c1-19-16-4-2-3-15-14(16)9-10-18(15)11-12-5-7-13(17)8-6-12/h2-10H,11H2,1H3. The van der Waals surface area contributed by atoms with Crippen molar-refractivity contribution in [2.24, 2.45) is 0 Å². The lowest BCUT2D eigenvalue weighted by Gasteiger charge is -2.07. The number of hydrogen-bond donors (Lipinski definition) is 0. The zero-order valence-corrected chi connectivity index (χ0v) is 12.8. The van der Waals surface area contributed by atoms with Crippen molar-refractivity contribution in [2.75, 3.05) is 7.11 Å². The van der Waals surface area contributed by atoms with E-state index in [9.17, 15) is 0 Å². The van der Waals surface area contributed by atoms with Crippen LogP contribution in [0.2, 0.25) is 0 Å². The Bertz CT molecular complexity index is 700. The van der Waals surface area contributed by atoms with Crippen LogP contribution in [-0.2, 0) is 6.54 Å². The lowest BCUT2D eigenvalue weighted by molar-refractivity contribution is 0.420. The van der Waals surface area contributed by atoms with E-state index in [4.69, 9.17) is 4.74 Å². The molecule has 19 heavy (non-hydrogen) atoms. The van der Waals surface area contributed by atoms with Crippen molar-refractivity contribution in [1.29, 1.82) is 0 Å². The summed E-state index contributed by atoms with van der Waals surface area (Å²) in [6, 6.07) is 16.9. The molecule has 0 spiro atoms. The number of nitrogens with zero attached hydrogens (tertiary/aromatic N) is 1. The normalized spacial score (nSPS) is 10.8. The van der Waals surface area contributed by atoms with Gasteiger partial charge in [-0.2, -0.15) is 0 Å². The topological polar surface area (TPSA) is 14.2 Å². The SMILES string of the molecule is COc1cccc2c1ccn2Cc1ccc(I)cc1. The summed E-state index contributed by atoms with van der Waals surface area (Å²) < 4.78 is 8.91.